The molecule has 9 heteroatoms. The van der Waals surface area contributed by atoms with E-state index in [1.807, 2.05) is 12.3 Å². The molecule has 9 nitrogen and oxygen atoms in total. The predicted octanol–water partition coefficient (Wildman–Crippen LogP) is 1.53. The van der Waals surface area contributed by atoms with E-state index in [2.05, 4.69) is 27.2 Å². The van der Waals surface area contributed by atoms with Gasteiger partial charge in [-0.25, -0.2) is 4.98 Å². The fourth-order valence-electron chi connectivity index (χ4n) is 2.39. The van der Waals surface area contributed by atoms with Gasteiger partial charge in [0.15, 0.2) is 17.0 Å². The van der Waals surface area contributed by atoms with Crippen LogP contribution in [-0.4, -0.2) is 52.4 Å². The summed E-state index contributed by atoms with van der Waals surface area (Å²) in [5.74, 6) is 0.651. The minimum atomic E-state index is -0.312. The zero-order valence-electron chi connectivity index (χ0n) is 14.9. The molecule has 0 fully saturated rings. The maximum Gasteiger partial charge on any atom is 0.302 e. The van der Waals surface area contributed by atoms with Gasteiger partial charge in [-0.2, -0.15) is 9.97 Å². The van der Waals surface area contributed by atoms with E-state index >= 15 is 0 Å². The predicted molar refractivity (Wildman–Crippen MR) is 95.8 cm³/mol. The lowest BCUT2D eigenvalue weighted by atomic mass is 10.0. The summed E-state index contributed by atoms with van der Waals surface area (Å²) in [6.07, 6.45) is 6.11. The SMILES string of the molecule is CNc1nc(N)nc2c1ncn2C=CC(C)CC(COC(C)=O)OC. The van der Waals surface area contributed by atoms with Gasteiger partial charge in [-0.3, -0.25) is 9.36 Å². The molecule has 0 saturated carbocycles. The number of hydrogen-bond donors (Lipinski definition) is 2. The molecule has 25 heavy (non-hydrogen) atoms. The smallest absolute Gasteiger partial charge is 0.302 e. The normalized spacial score (nSPS) is 13.9. The Kier molecular flexibility index (Phi) is 6.29. The number of ether oxygens (including phenoxy) is 2. The molecule has 3 N–H and O–H groups in total. The molecule has 2 aromatic rings. The first kappa shape index (κ1) is 18.7. The van der Waals surface area contributed by atoms with Gasteiger partial charge in [0, 0.05) is 27.3 Å². The molecular weight excluding hydrogens is 324 g/mol. The highest BCUT2D eigenvalue weighted by Crippen LogP contribution is 2.20. The first-order valence-electron chi connectivity index (χ1n) is 7.96. The van der Waals surface area contributed by atoms with Gasteiger partial charge in [-0.15, -0.1) is 0 Å². The summed E-state index contributed by atoms with van der Waals surface area (Å²) < 4.78 is 12.1. The van der Waals surface area contributed by atoms with E-state index in [-0.39, 0.29) is 30.5 Å². The van der Waals surface area contributed by atoms with Gasteiger partial charge in [0.1, 0.15) is 12.9 Å². The zero-order chi connectivity index (χ0) is 18.4. The van der Waals surface area contributed by atoms with Crippen LogP contribution in [0.25, 0.3) is 17.4 Å². The number of nitrogens with one attached hydrogen (secondary N) is 1. The summed E-state index contributed by atoms with van der Waals surface area (Å²) in [6.45, 7) is 3.68. The van der Waals surface area contributed by atoms with Crippen molar-refractivity contribution in [1.82, 2.24) is 19.5 Å². The molecule has 0 saturated heterocycles. The number of nitrogens with two attached hydrogens (primary N) is 1. The number of nitrogens with zero attached hydrogens (tertiary/aromatic N) is 4. The average Bonchev–Trinajstić information content (AvgIpc) is 2.98. The number of aromatic nitrogens is 4. The Balaban J connectivity index is 2.09. The van der Waals surface area contributed by atoms with E-state index in [0.29, 0.717) is 23.4 Å². The summed E-state index contributed by atoms with van der Waals surface area (Å²) in [4.78, 5) is 23.6. The van der Waals surface area contributed by atoms with Crippen LogP contribution in [0.5, 0.6) is 0 Å². The van der Waals surface area contributed by atoms with Gasteiger partial charge in [0.05, 0.1) is 6.10 Å². The molecule has 2 rings (SSSR count). The Labute approximate surface area is 146 Å². The Morgan fingerprint density at radius 1 is 1.48 bits per heavy atom. The number of anilines is 2. The van der Waals surface area contributed by atoms with Crippen LogP contribution < -0.4 is 11.1 Å². The second kappa shape index (κ2) is 8.43. The van der Waals surface area contributed by atoms with Crippen molar-refractivity contribution >= 4 is 35.1 Å². The molecule has 0 aliphatic rings. The van der Waals surface area contributed by atoms with Gasteiger partial charge in [0.2, 0.25) is 5.95 Å². The van der Waals surface area contributed by atoms with E-state index < -0.39 is 0 Å². The Morgan fingerprint density at radius 3 is 2.88 bits per heavy atom. The summed E-state index contributed by atoms with van der Waals surface area (Å²) in [6, 6.07) is 0. The number of nitrogen functional groups attached to an aromatic ring is 1. The highest BCUT2D eigenvalue weighted by atomic mass is 16.6. The summed E-state index contributed by atoms with van der Waals surface area (Å²) >= 11 is 0. The lowest BCUT2D eigenvalue weighted by Gasteiger charge is -2.17. The van der Waals surface area contributed by atoms with E-state index in [1.165, 1.54) is 6.92 Å². The number of fused-ring (bicyclic) bond motifs is 1. The number of methoxy groups -OCH3 is 1. The van der Waals surface area contributed by atoms with Crippen molar-refractivity contribution in [3.8, 4) is 0 Å². The maximum absolute atomic E-state index is 10.9. The van der Waals surface area contributed by atoms with Crippen LogP contribution in [0.4, 0.5) is 11.8 Å². The molecule has 2 heterocycles. The van der Waals surface area contributed by atoms with Crippen molar-refractivity contribution < 1.29 is 14.3 Å². The molecule has 0 spiro atoms. The van der Waals surface area contributed by atoms with Crippen molar-refractivity contribution in [1.29, 1.82) is 0 Å². The van der Waals surface area contributed by atoms with Crippen LogP contribution in [0.1, 0.15) is 20.3 Å². The molecule has 136 valence electrons. The van der Waals surface area contributed by atoms with E-state index in [0.717, 1.165) is 0 Å². The van der Waals surface area contributed by atoms with Crippen molar-refractivity contribution in [2.75, 3.05) is 31.8 Å². The third kappa shape index (κ3) is 4.90. The summed E-state index contributed by atoms with van der Waals surface area (Å²) in [7, 11) is 3.36. The first-order chi connectivity index (χ1) is 11.9. The standard InChI is InChI=1S/C16H24N6O3/c1-10(7-12(24-4)8-25-11(2)23)5-6-22-9-19-13-14(18-3)20-16(17)21-15(13)22/h5-6,9-10,12H,7-8H2,1-4H3,(H3,17,18,20,21). The van der Waals surface area contributed by atoms with Crippen LogP contribution >= 0.6 is 0 Å². The number of imidazole rings is 1. The van der Waals surface area contributed by atoms with Gasteiger partial charge >= 0.3 is 5.97 Å². The topological polar surface area (TPSA) is 117 Å². The molecule has 0 aliphatic carbocycles. The molecule has 0 aliphatic heterocycles. The molecule has 0 radical (unpaired) electrons. The van der Waals surface area contributed by atoms with E-state index in [9.17, 15) is 4.79 Å². The highest BCUT2D eigenvalue weighted by molar-refractivity contribution is 5.85. The van der Waals surface area contributed by atoms with Gasteiger partial charge in [0.25, 0.3) is 0 Å². The number of carbonyl (C=O) groups excluding carboxylic acids is 1. The van der Waals surface area contributed by atoms with Gasteiger partial charge < -0.3 is 20.5 Å². The van der Waals surface area contributed by atoms with Crippen LogP contribution in [0.2, 0.25) is 0 Å². The first-order valence-corrected chi connectivity index (χ1v) is 7.96. The fourth-order valence-corrected chi connectivity index (χ4v) is 2.39. The van der Waals surface area contributed by atoms with Crippen LogP contribution in [0.3, 0.4) is 0 Å². The van der Waals surface area contributed by atoms with Crippen molar-refractivity contribution in [3.63, 3.8) is 0 Å². The van der Waals surface area contributed by atoms with Crippen molar-refractivity contribution in [2.45, 2.75) is 26.4 Å². The van der Waals surface area contributed by atoms with Crippen LogP contribution in [0.15, 0.2) is 12.4 Å². The lowest BCUT2D eigenvalue weighted by molar-refractivity contribution is -0.144. The minimum Gasteiger partial charge on any atom is -0.463 e. The largest absolute Gasteiger partial charge is 0.463 e. The lowest BCUT2D eigenvalue weighted by Crippen LogP contribution is -2.22. The third-order valence-electron chi connectivity index (χ3n) is 3.69. The molecule has 2 atom stereocenters. The second-order valence-electron chi connectivity index (χ2n) is 5.72. The van der Waals surface area contributed by atoms with Crippen LogP contribution in [-0.2, 0) is 14.3 Å². The molecular formula is C16H24N6O3. The number of carbonyl (C=O) groups is 1. The highest BCUT2D eigenvalue weighted by Gasteiger charge is 2.13. The summed E-state index contributed by atoms with van der Waals surface area (Å²) in [5, 5.41) is 2.96. The number of allylic oxidation sites excluding steroid dienone is 1. The third-order valence-corrected chi connectivity index (χ3v) is 3.69. The Hall–Kier alpha value is -2.68. The molecule has 0 amide bonds. The molecule has 0 bridgehead atoms. The van der Waals surface area contributed by atoms with E-state index in [4.69, 9.17) is 15.2 Å². The molecule has 2 unspecified atom stereocenters. The fraction of sp³-hybridized carbons (Fsp3) is 0.500. The van der Waals surface area contributed by atoms with Gasteiger partial charge in [-0.1, -0.05) is 13.0 Å². The second-order valence-corrected chi connectivity index (χ2v) is 5.72. The average molecular weight is 348 g/mol. The van der Waals surface area contributed by atoms with Crippen molar-refractivity contribution in [3.05, 3.63) is 12.4 Å². The van der Waals surface area contributed by atoms with E-state index in [1.54, 1.807) is 25.1 Å². The minimum absolute atomic E-state index is 0.156. The van der Waals surface area contributed by atoms with Gasteiger partial charge in [-0.05, 0) is 12.3 Å². The monoisotopic (exact) mass is 348 g/mol. The number of esters is 1. The molecule has 0 aromatic carbocycles. The maximum atomic E-state index is 10.9. The Morgan fingerprint density at radius 2 is 2.24 bits per heavy atom. The number of rotatable bonds is 8. The summed E-state index contributed by atoms with van der Waals surface area (Å²) in [5.41, 5.74) is 7.02. The number of hydrogen-bond acceptors (Lipinski definition) is 8. The van der Waals surface area contributed by atoms with Crippen LogP contribution in [0, 0.1) is 5.92 Å². The molecule has 2 aromatic heterocycles. The Bertz CT molecular complexity index is 758. The van der Waals surface area contributed by atoms with Crippen molar-refractivity contribution in [2.24, 2.45) is 5.92 Å². The quantitative estimate of drug-likeness (QED) is 0.690. The zero-order valence-corrected chi connectivity index (χ0v) is 14.9.